The van der Waals surface area contributed by atoms with Crippen LogP contribution in [0.1, 0.15) is 19.8 Å². The van der Waals surface area contributed by atoms with Gasteiger partial charge in [-0.1, -0.05) is 12.7 Å². The van der Waals surface area contributed by atoms with E-state index in [1.165, 1.54) is 12.8 Å². The van der Waals surface area contributed by atoms with Crippen LogP contribution >= 0.6 is 0 Å². The van der Waals surface area contributed by atoms with Crippen molar-refractivity contribution < 1.29 is 0 Å². The van der Waals surface area contributed by atoms with Crippen molar-refractivity contribution in [3.8, 4) is 0 Å². The highest BCUT2D eigenvalue weighted by Crippen LogP contribution is 2.19. The van der Waals surface area contributed by atoms with Crippen LogP contribution in [0.4, 0.5) is 0 Å². The monoisotopic (exact) mass is 217 g/mol. The van der Waals surface area contributed by atoms with E-state index >= 15 is 0 Å². The maximum atomic E-state index is 4.71. The highest BCUT2D eigenvalue weighted by molar-refractivity contribution is 5.94. The highest BCUT2D eigenvalue weighted by Gasteiger charge is 2.18. The molecule has 2 heterocycles. The Morgan fingerprint density at radius 2 is 2.12 bits per heavy atom. The Balaban J connectivity index is 2.27. The van der Waals surface area contributed by atoms with E-state index in [-0.39, 0.29) is 0 Å². The predicted molar refractivity (Wildman–Crippen MR) is 68.0 cm³/mol. The minimum absolute atomic E-state index is 0.999. The first-order valence-corrected chi connectivity index (χ1v) is 5.80. The van der Waals surface area contributed by atoms with Gasteiger partial charge in [0.15, 0.2) is 0 Å². The summed E-state index contributed by atoms with van der Waals surface area (Å²) in [7, 11) is 2.02. The van der Waals surface area contributed by atoms with Crippen molar-refractivity contribution in [3.05, 3.63) is 36.3 Å². The van der Waals surface area contributed by atoms with E-state index in [0.717, 1.165) is 30.3 Å². The molecule has 1 fully saturated rings. The molecule has 0 aliphatic carbocycles. The SMILES string of the molecule is C=C/C(C)=C1/N=C(N2CCCC2)C=CN1C. The topological polar surface area (TPSA) is 18.8 Å². The number of hydrogen-bond donors (Lipinski definition) is 0. The Morgan fingerprint density at radius 1 is 1.44 bits per heavy atom. The highest BCUT2D eigenvalue weighted by atomic mass is 15.3. The lowest BCUT2D eigenvalue weighted by atomic mass is 10.2. The fourth-order valence-electron chi connectivity index (χ4n) is 2.05. The van der Waals surface area contributed by atoms with Crippen molar-refractivity contribution in [2.75, 3.05) is 20.1 Å². The fraction of sp³-hybridized carbons (Fsp3) is 0.462. The van der Waals surface area contributed by atoms with Gasteiger partial charge in [-0.05, 0) is 31.4 Å². The summed E-state index contributed by atoms with van der Waals surface area (Å²) in [4.78, 5) is 9.09. The molecular formula is C13H19N3. The summed E-state index contributed by atoms with van der Waals surface area (Å²) in [5.74, 6) is 2.09. The molecular weight excluding hydrogens is 198 g/mol. The van der Waals surface area contributed by atoms with Crippen LogP contribution in [-0.2, 0) is 0 Å². The number of rotatable bonds is 1. The van der Waals surface area contributed by atoms with E-state index in [0.29, 0.717) is 0 Å². The van der Waals surface area contributed by atoms with Gasteiger partial charge in [0.25, 0.3) is 0 Å². The molecule has 0 aromatic rings. The minimum atomic E-state index is 0.999. The van der Waals surface area contributed by atoms with Crippen LogP contribution < -0.4 is 0 Å². The van der Waals surface area contributed by atoms with Crippen molar-refractivity contribution >= 4 is 5.84 Å². The molecule has 0 radical (unpaired) electrons. The third-order valence-corrected chi connectivity index (χ3v) is 3.09. The van der Waals surface area contributed by atoms with Crippen LogP contribution in [0.15, 0.2) is 41.3 Å². The number of likely N-dealkylation sites (tertiary alicyclic amines) is 1. The number of amidine groups is 1. The summed E-state index contributed by atoms with van der Waals surface area (Å²) in [6, 6.07) is 0. The molecule has 0 bridgehead atoms. The van der Waals surface area contributed by atoms with Gasteiger partial charge in [-0.15, -0.1) is 0 Å². The van der Waals surface area contributed by atoms with Gasteiger partial charge < -0.3 is 9.80 Å². The second-order valence-electron chi connectivity index (χ2n) is 4.30. The molecule has 0 N–H and O–H groups in total. The van der Waals surface area contributed by atoms with Gasteiger partial charge in [-0.25, -0.2) is 4.99 Å². The largest absolute Gasteiger partial charge is 0.357 e. The number of aliphatic imine (C=N–C) groups is 1. The van der Waals surface area contributed by atoms with Crippen molar-refractivity contribution in [3.63, 3.8) is 0 Å². The van der Waals surface area contributed by atoms with Gasteiger partial charge in [0.05, 0.1) is 0 Å². The van der Waals surface area contributed by atoms with Gasteiger partial charge in [-0.3, -0.25) is 0 Å². The Bertz CT molecular complexity index is 371. The van der Waals surface area contributed by atoms with Crippen LogP contribution in [0.25, 0.3) is 0 Å². The molecule has 0 amide bonds. The van der Waals surface area contributed by atoms with Gasteiger partial charge in [0.2, 0.25) is 0 Å². The Kier molecular flexibility index (Phi) is 3.13. The normalized spacial score (nSPS) is 23.5. The minimum Gasteiger partial charge on any atom is -0.357 e. The van der Waals surface area contributed by atoms with Crippen LogP contribution in [0.3, 0.4) is 0 Å². The quantitative estimate of drug-likeness (QED) is 0.671. The molecule has 3 nitrogen and oxygen atoms in total. The lowest BCUT2D eigenvalue weighted by molar-refractivity contribution is 0.497. The van der Waals surface area contributed by atoms with E-state index in [4.69, 9.17) is 4.99 Å². The summed E-state index contributed by atoms with van der Waals surface area (Å²) in [6.07, 6.45) is 8.58. The van der Waals surface area contributed by atoms with Gasteiger partial charge >= 0.3 is 0 Å². The molecule has 0 spiro atoms. The van der Waals surface area contributed by atoms with Crippen molar-refractivity contribution in [2.45, 2.75) is 19.8 Å². The summed E-state index contributed by atoms with van der Waals surface area (Å²) in [5.41, 5.74) is 1.11. The van der Waals surface area contributed by atoms with Crippen molar-refractivity contribution in [1.82, 2.24) is 9.80 Å². The summed E-state index contributed by atoms with van der Waals surface area (Å²) in [5, 5.41) is 0. The molecule has 86 valence electrons. The van der Waals surface area contributed by atoms with Crippen molar-refractivity contribution in [1.29, 1.82) is 0 Å². The zero-order valence-electron chi connectivity index (χ0n) is 10.1. The standard InChI is InChI=1S/C13H19N3/c1-4-11(2)13-14-12(7-10-15(13)3)16-8-5-6-9-16/h4,7,10H,1,5-6,8-9H2,2-3H3/b13-11-. The summed E-state index contributed by atoms with van der Waals surface area (Å²) >= 11 is 0. The number of hydrogen-bond acceptors (Lipinski definition) is 3. The van der Waals surface area contributed by atoms with Crippen molar-refractivity contribution in [2.24, 2.45) is 4.99 Å². The smallest absolute Gasteiger partial charge is 0.137 e. The first kappa shape index (κ1) is 11.0. The second-order valence-corrected chi connectivity index (χ2v) is 4.30. The summed E-state index contributed by atoms with van der Waals surface area (Å²) < 4.78 is 0. The molecule has 3 heteroatoms. The average molecular weight is 217 g/mol. The first-order chi connectivity index (χ1) is 7.72. The number of nitrogens with zero attached hydrogens (tertiary/aromatic N) is 3. The predicted octanol–water partition coefficient (Wildman–Crippen LogP) is 2.36. The molecule has 0 aromatic heterocycles. The van der Waals surface area contributed by atoms with Gasteiger partial charge in [0.1, 0.15) is 11.7 Å². The molecule has 0 aromatic carbocycles. The molecule has 0 unspecified atom stereocenters. The Labute approximate surface area is 97.5 Å². The molecule has 0 saturated carbocycles. The van der Waals surface area contributed by atoms with Crippen LogP contribution in [0.2, 0.25) is 0 Å². The van der Waals surface area contributed by atoms with E-state index < -0.39 is 0 Å². The van der Waals surface area contributed by atoms with Crippen LogP contribution in [0, 0.1) is 0 Å². The number of allylic oxidation sites excluding steroid dienone is 2. The second kappa shape index (κ2) is 4.56. The van der Waals surface area contributed by atoms with E-state index in [1.807, 2.05) is 24.9 Å². The molecule has 16 heavy (non-hydrogen) atoms. The first-order valence-electron chi connectivity index (χ1n) is 5.80. The zero-order valence-corrected chi connectivity index (χ0v) is 10.1. The average Bonchev–Trinajstić information content (AvgIpc) is 2.82. The molecule has 1 saturated heterocycles. The molecule has 2 aliphatic heterocycles. The third kappa shape index (κ3) is 2.03. The Morgan fingerprint density at radius 3 is 2.75 bits per heavy atom. The lowest BCUT2D eigenvalue weighted by Gasteiger charge is -2.26. The lowest BCUT2D eigenvalue weighted by Crippen LogP contribution is -2.30. The summed E-state index contributed by atoms with van der Waals surface area (Å²) in [6.45, 7) is 8.11. The van der Waals surface area contributed by atoms with Gasteiger partial charge in [0, 0.05) is 26.3 Å². The maximum Gasteiger partial charge on any atom is 0.137 e. The van der Waals surface area contributed by atoms with E-state index in [2.05, 4.69) is 23.8 Å². The van der Waals surface area contributed by atoms with Gasteiger partial charge in [-0.2, -0.15) is 0 Å². The van der Waals surface area contributed by atoms with Crippen LogP contribution in [-0.4, -0.2) is 35.8 Å². The molecule has 2 rings (SSSR count). The maximum absolute atomic E-state index is 4.71. The van der Waals surface area contributed by atoms with E-state index in [1.54, 1.807) is 0 Å². The fourth-order valence-corrected chi connectivity index (χ4v) is 2.05. The van der Waals surface area contributed by atoms with Crippen LogP contribution in [0.5, 0.6) is 0 Å². The Hall–Kier alpha value is -1.51. The third-order valence-electron chi connectivity index (χ3n) is 3.09. The zero-order chi connectivity index (χ0) is 11.5. The van der Waals surface area contributed by atoms with E-state index in [9.17, 15) is 0 Å². The molecule has 2 aliphatic rings. The molecule has 0 atom stereocenters.